The highest BCUT2D eigenvalue weighted by molar-refractivity contribution is 7.09. The van der Waals surface area contributed by atoms with Crippen molar-refractivity contribution >= 4 is 17.2 Å². The molecule has 3 N–H and O–H groups in total. The van der Waals surface area contributed by atoms with Gasteiger partial charge in [-0.2, -0.15) is 0 Å². The van der Waals surface area contributed by atoms with Crippen LogP contribution in [0.5, 0.6) is 0 Å². The summed E-state index contributed by atoms with van der Waals surface area (Å²) >= 11 is 1.56. The first-order valence-corrected chi connectivity index (χ1v) is 7.46. The van der Waals surface area contributed by atoms with E-state index in [4.69, 9.17) is 5.73 Å². The quantitative estimate of drug-likeness (QED) is 0.882. The normalized spacial score (nSPS) is 24.2. The fourth-order valence-electron chi connectivity index (χ4n) is 2.18. The van der Waals surface area contributed by atoms with Gasteiger partial charge in [-0.3, -0.25) is 4.79 Å². The van der Waals surface area contributed by atoms with Gasteiger partial charge in [-0.05, 0) is 25.7 Å². The lowest BCUT2D eigenvalue weighted by Gasteiger charge is -2.26. The lowest BCUT2D eigenvalue weighted by atomic mass is 9.92. The molecule has 0 unspecified atom stereocenters. The van der Waals surface area contributed by atoms with Gasteiger partial charge in [-0.15, -0.1) is 11.3 Å². The van der Waals surface area contributed by atoms with Crippen LogP contribution in [0.1, 0.15) is 60.9 Å². The van der Waals surface area contributed by atoms with Crippen molar-refractivity contribution in [1.82, 2.24) is 10.3 Å². The molecule has 5 heteroatoms. The third-order valence-corrected chi connectivity index (χ3v) is 4.50. The largest absolute Gasteiger partial charge is 0.348 e. The molecular formula is C13H21N3OS. The molecule has 1 aromatic rings. The predicted octanol–water partition coefficient (Wildman–Crippen LogP) is 2.27. The molecule has 1 aliphatic rings. The van der Waals surface area contributed by atoms with Gasteiger partial charge < -0.3 is 11.1 Å². The molecule has 18 heavy (non-hydrogen) atoms. The average molecular weight is 267 g/mol. The first-order chi connectivity index (χ1) is 8.56. The Bertz CT molecular complexity index is 408. The van der Waals surface area contributed by atoms with Gasteiger partial charge in [0.1, 0.15) is 5.69 Å². The summed E-state index contributed by atoms with van der Waals surface area (Å²) in [5, 5.41) is 5.92. The summed E-state index contributed by atoms with van der Waals surface area (Å²) in [6.45, 7) is 4.17. The predicted molar refractivity (Wildman–Crippen MR) is 73.9 cm³/mol. The van der Waals surface area contributed by atoms with E-state index in [-0.39, 0.29) is 11.9 Å². The van der Waals surface area contributed by atoms with E-state index < -0.39 is 0 Å². The number of nitrogens with two attached hydrogens (primary N) is 1. The first kappa shape index (κ1) is 13.5. The van der Waals surface area contributed by atoms with Crippen LogP contribution in [0.25, 0.3) is 0 Å². The lowest BCUT2D eigenvalue weighted by Crippen LogP contribution is -2.40. The van der Waals surface area contributed by atoms with Crippen LogP contribution in [0.2, 0.25) is 0 Å². The zero-order chi connectivity index (χ0) is 13.1. The summed E-state index contributed by atoms with van der Waals surface area (Å²) in [6, 6.07) is 0.575. The number of hydrogen-bond acceptors (Lipinski definition) is 4. The standard InChI is InChI=1S/C13H21N3OS/c1-8(2)13-16-11(7-18-13)12(17)15-10-5-3-9(14)4-6-10/h7-10H,3-6,14H2,1-2H3,(H,15,17). The molecule has 0 saturated heterocycles. The summed E-state index contributed by atoms with van der Waals surface area (Å²) < 4.78 is 0. The van der Waals surface area contributed by atoms with Crippen molar-refractivity contribution in [3.8, 4) is 0 Å². The highest BCUT2D eigenvalue weighted by atomic mass is 32.1. The van der Waals surface area contributed by atoms with E-state index in [1.165, 1.54) is 0 Å². The summed E-state index contributed by atoms with van der Waals surface area (Å²) in [5.74, 6) is 0.336. The van der Waals surface area contributed by atoms with Crippen LogP contribution in [0, 0.1) is 0 Å². The second-order valence-corrected chi connectivity index (χ2v) is 6.20. The second kappa shape index (κ2) is 5.80. The minimum absolute atomic E-state index is 0.0429. The van der Waals surface area contributed by atoms with Crippen molar-refractivity contribution in [3.05, 3.63) is 16.1 Å². The van der Waals surface area contributed by atoms with Gasteiger partial charge in [0.25, 0.3) is 5.91 Å². The second-order valence-electron chi connectivity index (χ2n) is 5.31. The van der Waals surface area contributed by atoms with Gasteiger partial charge in [0.2, 0.25) is 0 Å². The van der Waals surface area contributed by atoms with Gasteiger partial charge >= 0.3 is 0 Å². The van der Waals surface area contributed by atoms with Gasteiger partial charge in [0.15, 0.2) is 0 Å². The van der Waals surface area contributed by atoms with Crippen molar-refractivity contribution in [2.75, 3.05) is 0 Å². The molecule has 1 amide bonds. The number of nitrogens with zero attached hydrogens (tertiary/aromatic N) is 1. The molecule has 100 valence electrons. The molecule has 1 aliphatic carbocycles. The summed E-state index contributed by atoms with van der Waals surface area (Å²) in [6.07, 6.45) is 3.96. The van der Waals surface area contributed by atoms with Crippen LogP contribution in [0.15, 0.2) is 5.38 Å². The maximum absolute atomic E-state index is 12.0. The molecule has 0 aliphatic heterocycles. The topological polar surface area (TPSA) is 68.0 Å². The number of carbonyl (C=O) groups excluding carboxylic acids is 1. The van der Waals surface area contributed by atoms with Gasteiger partial charge in [0, 0.05) is 23.4 Å². The van der Waals surface area contributed by atoms with E-state index in [9.17, 15) is 4.79 Å². The average Bonchev–Trinajstić information content (AvgIpc) is 2.81. The fourth-order valence-corrected chi connectivity index (χ4v) is 3.00. The summed E-state index contributed by atoms with van der Waals surface area (Å²) in [4.78, 5) is 16.4. The highest BCUT2D eigenvalue weighted by Crippen LogP contribution is 2.20. The smallest absolute Gasteiger partial charge is 0.270 e. The Kier molecular flexibility index (Phi) is 4.35. The monoisotopic (exact) mass is 267 g/mol. The third kappa shape index (κ3) is 3.29. The zero-order valence-corrected chi connectivity index (χ0v) is 11.8. The lowest BCUT2D eigenvalue weighted by molar-refractivity contribution is 0.0921. The van der Waals surface area contributed by atoms with Crippen LogP contribution in [0.4, 0.5) is 0 Å². The fraction of sp³-hybridized carbons (Fsp3) is 0.692. The molecule has 0 atom stereocenters. The van der Waals surface area contributed by atoms with Gasteiger partial charge in [-0.1, -0.05) is 13.8 Å². The highest BCUT2D eigenvalue weighted by Gasteiger charge is 2.21. The Labute approximate surface area is 112 Å². The molecule has 4 nitrogen and oxygen atoms in total. The SMILES string of the molecule is CC(C)c1nc(C(=O)NC2CCC(N)CC2)cs1. The molecule has 0 bridgehead atoms. The van der Waals surface area contributed by atoms with E-state index in [0.29, 0.717) is 17.7 Å². The Balaban J connectivity index is 1.91. The Morgan fingerprint density at radius 1 is 1.44 bits per heavy atom. The van der Waals surface area contributed by atoms with Crippen molar-refractivity contribution < 1.29 is 4.79 Å². The van der Waals surface area contributed by atoms with E-state index in [0.717, 1.165) is 30.7 Å². The molecule has 1 aromatic heterocycles. The molecule has 0 radical (unpaired) electrons. The van der Waals surface area contributed by atoms with E-state index in [1.807, 2.05) is 5.38 Å². The molecule has 0 aromatic carbocycles. The number of hydrogen-bond donors (Lipinski definition) is 2. The van der Waals surface area contributed by atoms with Crippen molar-refractivity contribution in [1.29, 1.82) is 0 Å². The van der Waals surface area contributed by atoms with Crippen LogP contribution >= 0.6 is 11.3 Å². The Morgan fingerprint density at radius 3 is 2.67 bits per heavy atom. The molecule has 0 spiro atoms. The van der Waals surface area contributed by atoms with Crippen LogP contribution < -0.4 is 11.1 Å². The maximum atomic E-state index is 12.0. The molecular weight excluding hydrogens is 246 g/mol. The van der Waals surface area contributed by atoms with Gasteiger partial charge in [-0.25, -0.2) is 4.98 Å². The number of aromatic nitrogens is 1. The molecule has 2 rings (SSSR count). The number of thiazole rings is 1. The van der Waals surface area contributed by atoms with E-state index in [2.05, 4.69) is 24.1 Å². The van der Waals surface area contributed by atoms with Crippen molar-refractivity contribution in [2.45, 2.75) is 57.5 Å². The van der Waals surface area contributed by atoms with Crippen molar-refractivity contribution in [2.24, 2.45) is 5.73 Å². The molecule has 1 saturated carbocycles. The number of amides is 1. The Morgan fingerprint density at radius 2 is 2.11 bits per heavy atom. The number of nitrogens with one attached hydrogen (secondary N) is 1. The third-order valence-electron chi connectivity index (χ3n) is 3.36. The molecule has 1 heterocycles. The summed E-state index contributed by atoms with van der Waals surface area (Å²) in [5.41, 5.74) is 6.41. The zero-order valence-electron chi connectivity index (χ0n) is 11.0. The molecule has 1 fully saturated rings. The number of carbonyl (C=O) groups is 1. The van der Waals surface area contributed by atoms with E-state index >= 15 is 0 Å². The van der Waals surface area contributed by atoms with Crippen molar-refractivity contribution in [3.63, 3.8) is 0 Å². The van der Waals surface area contributed by atoms with Gasteiger partial charge in [0.05, 0.1) is 5.01 Å². The Hall–Kier alpha value is -0.940. The minimum atomic E-state index is -0.0429. The summed E-state index contributed by atoms with van der Waals surface area (Å²) in [7, 11) is 0. The van der Waals surface area contributed by atoms with Crippen LogP contribution in [-0.2, 0) is 0 Å². The first-order valence-electron chi connectivity index (χ1n) is 6.58. The van der Waals surface area contributed by atoms with Crippen LogP contribution in [-0.4, -0.2) is 23.0 Å². The maximum Gasteiger partial charge on any atom is 0.270 e. The number of rotatable bonds is 3. The minimum Gasteiger partial charge on any atom is -0.348 e. The van der Waals surface area contributed by atoms with Crippen LogP contribution in [0.3, 0.4) is 0 Å². The van der Waals surface area contributed by atoms with E-state index in [1.54, 1.807) is 11.3 Å².